The van der Waals surface area contributed by atoms with Crippen LogP contribution in [0, 0.1) is 0 Å². The van der Waals surface area contributed by atoms with Crippen molar-refractivity contribution in [2.24, 2.45) is 0 Å². The molecule has 0 aliphatic carbocycles. The molecule has 112 valence electrons. The van der Waals surface area contributed by atoms with E-state index in [9.17, 15) is 0 Å². The molecule has 0 saturated heterocycles. The van der Waals surface area contributed by atoms with E-state index in [1.165, 1.54) is 16.8 Å². The van der Waals surface area contributed by atoms with Crippen molar-refractivity contribution in [3.05, 3.63) is 64.7 Å². The van der Waals surface area contributed by atoms with Gasteiger partial charge < -0.3 is 10.1 Å². The molecule has 3 heteroatoms. The molecule has 1 atom stereocenters. The minimum atomic E-state index is 0.283. The van der Waals surface area contributed by atoms with Crippen molar-refractivity contribution >= 4 is 17.3 Å². The second kappa shape index (κ2) is 8.06. The van der Waals surface area contributed by atoms with Crippen LogP contribution in [0.1, 0.15) is 30.5 Å². The third-order valence-electron chi connectivity index (χ3n) is 3.60. The number of hydrogen-bond acceptors (Lipinski definition) is 2. The molecule has 0 heterocycles. The summed E-state index contributed by atoms with van der Waals surface area (Å²) in [5.74, 6) is 0. The molecule has 0 bridgehead atoms. The number of benzene rings is 2. The van der Waals surface area contributed by atoms with Gasteiger partial charge in [-0.2, -0.15) is 0 Å². The van der Waals surface area contributed by atoms with E-state index in [0.29, 0.717) is 0 Å². The Labute approximate surface area is 132 Å². The summed E-state index contributed by atoms with van der Waals surface area (Å²) in [5, 5.41) is 4.42. The lowest BCUT2D eigenvalue weighted by atomic mass is 10.0. The zero-order valence-electron chi connectivity index (χ0n) is 12.6. The van der Waals surface area contributed by atoms with Gasteiger partial charge in [0.15, 0.2) is 0 Å². The van der Waals surface area contributed by atoms with E-state index >= 15 is 0 Å². The number of rotatable bonds is 7. The van der Waals surface area contributed by atoms with E-state index < -0.39 is 0 Å². The molecule has 0 spiro atoms. The standard InChI is InChI=1S/C18H22ClNO/c1-3-17(15-8-10-16(19)11-9-15)20-18-7-5-4-6-14(18)12-13-21-2/h4-11,17,20H,3,12-13H2,1-2H3. The van der Waals surface area contributed by atoms with Crippen molar-refractivity contribution in [2.75, 3.05) is 19.0 Å². The second-order valence-corrected chi connectivity index (χ2v) is 5.49. The number of ether oxygens (including phenoxy) is 1. The van der Waals surface area contributed by atoms with E-state index in [1.807, 2.05) is 12.1 Å². The van der Waals surface area contributed by atoms with Crippen molar-refractivity contribution in [2.45, 2.75) is 25.8 Å². The minimum absolute atomic E-state index is 0.283. The average Bonchev–Trinajstić information content (AvgIpc) is 2.52. The maximum absolute atomic E-state index is 5.97. The average molecular weight is 304 g/mol. The van der Waals surface area contributed by atoms with Crippen LogP contribution in [-0.4, -0.2) is 13.7 Å². The first-order valence-corrected chi connectivity index (χ1v) is 7.71. The lowest BCUT2D eigenvalue weighted by Crippen LogP contribution is -2.11. The Balaban J connectivity index is 2.16. The number of nitrogens with one attached hydrogen (secondary N) is 1. The molecule has 2 nitrogen and oxygen atoms in total. The van der Waals surface area contributed by atoms with Gasteiger partial charge in [0.1, 0.15) is 0 Å². The summed E-state index contributed by atoms with van der Waals surface area (Å²) in [7, 11) is 1.73. The van der Waals surface area contributed by atoms with Gasteiger partial charge in [-0.1, -0.05) is 48.9 Å². The molecule has 0 aliphatic rings. The van der Waals surface area contributed by atoms with E-state index in [-0.39, 0.29) is 6.04 Å². The summed E-state index contributed by atoms with van der Waals surface area (Å²) in [6.45, 7) is 2.92. The van der Waals surface area contributed by atoms with E-state index in [0.717, 1.165) is 24.5 Å². The molecule has 1 unspecified atom stereocenters. The summed E-state index contributed by atoms with van der Waals surface area (Å²) in [6, 6.07) is 16.7. The van der Waals surface area contributed by atoms with Gasteiger partial charge in [0.25, 0.3) is 0 Å². The summed E-state index contributed by atoms with van der Waals surface area (Å²) in [5.41, 5.74) is 3.71. The fraction of sp³-hybridized carbons (Fsp3) is 0.333. The summed E-state index contributed by atoms with van der Waals surface area (Å²) in [4.78, 5) is 0. The van der Waals surface area contributed by atoms with Gasteiger partial charge in [0.2, 0.25) is 0 Å². The zero-order valence-corrected chi connectivity index (χ0v) is 13.4. The first-order valence-electron chi connectivity index (χ1n) is 7.33. The van der Waals surface area contributed by atoms with Gasteiger partial charge >= 0.3 is 0 Å². The molecule has 0 aromatic heterocycles. The van der Waals surface area contributed by atoms with Crippen LogP contribution >= 0.6 is 11.6 Å². The van der Waals surface area contributed by atoms with Crippen LogP contribution in [-0.2, 0) is 11.2 Å². The summed E-state index contributed by atoms with van der Waals surface area (Å²) >= 11 is 5.97. The van der Waals surface area contributed by atoms with Crippen LogP contribution in [0.2, 0.25) is 5.02 Å². The van der Waals surface area contributed by atoms with Gasteiger partial charge in [-0.15, -0.1) is 0 Å². The third-order valence-corrected chi connectivity index (χ3v) is 3.86. The Hall–Kier alpha value is -1.51. The first kappa shape index (κ1) is 15.9. The predicted octanol–water partition coefficient (Wildman–Crippen LogP) is 5.09. The van der Waals surface area contributed by atoms with Crippen molar-refractivity contribution in [1.82, 2.24) is 0 Å². The smallest absolute Gasteiger partial charge is 0.0511 e. The highest BCUT2D eigenvalue weighted by Crippen LogP contribution is 2.26. The largest absolute Gasteiger partial charge is 0.384 e. The lowest BCUT2D eigenvalue weighted by molar-refractivity contribution is 0.202. The van der Waals surface area contributed by atoms with E-state index in [1.54, 1.807) is 7.11 Å². The molecule has 0 fully saturated rings. The monoisotopic (exact) mass is 303 g/mol. The van der Waals surface area contributed by atoms with E-state index in [4.69, 9.17) is 16.3 Å². The SMILES string of the molecule is CCC(Nc1ccccc1CCOC)c1ccc(Cl)cc1. The Morgan fingerprint density at radius 2 is 1.81 bits per heavy atom. The van der Waals surface area contributed by atoms with Gasteiger partial charge in [-0.25, -0.2) is 0 Å². The Morgan fingerprint density at radius 1 is 1.10 bits per heavy atom. The molecule has 2 aromatic rings. The Morgan fingerprint density at radius 3 is 2.48 bits per heavy atom. The molecule has 2 rings (SSSR count). The van der Waals surface area contributed by atoms with E-state index in [2.05, 4.69) is 48.6 Å². The number of anilines is 1. The Kier molecular flexibility index (Phi) is 6.09. The van der Waals surface area contributed by atoms with Gasteiger partial charge in [-0.05, 0) is 42.2 Å². The minimum Gasteiger partial charge on any atom is -0.384 e. The molecule has 1 N–H and O–H groups in total. The molecule has 0 aliphatic heterocycles. The third kappa shape index (κ3) is 4.48. The zero-order chi connectivity index (χ0) is 15.1. The fourth-order valence-electron chi connectivity index (χ4n) is 2.40. The first-order chi connectivity index (χ1) is 10.2. The van der Waals surface area contributed by atoms with Crippen LogP contribution in [0.5, 0.6) is 0 Å². The number of para-hydroxylation sites is 1. The molecule has 21 heavy (non-hydrogen) atoms. The molecule has 0 saturated carbocycles. The highest BCUT2D eigenvalue weighted by atomic mass is 35.5. The topological polar surface area (TPSA) is 21.3 Å². The highest BCUT2D eigenvalue weighted by Gasteiger charge is 2.11. The molecule has 0 radical (unpaired) electrons. The van der Waals surface area contributed by atoms with Crippen molar-refractivity contribution in [1.29, 1.82) is 0 Å². The number of methoxy groups -OCH3 is 1. The second-order valence-electron chi connectivity index (χ2n) is 5.06. The van der Waals surface area contributed by atoms with Crippen LogP contribution in [0.3, 0.4) is 0 Å². The highest BCUT2D eigenvalue weighted by molar-refractivity contribution is 6.30. The van der Waals surface area contributed by atoms with Crippen LogP contribution < -0.4 is 5.32 Å². The van der Waals surface area contributed by atoms with Gasteiger partial charge in [0.05, 0.1) is 12.6 Å². The van der Waals surface area contributed by atoms with Crippen LogP contribution in [0.4, 0.5) is 5.69 Å². The molecule has 2 aromatic carbocycles. The van der Waals surface area contributed by atoms with Crippen LogP contribution in [0.15, 0.2) is 48.5 Å². The van der Waals surface area contributed by atoms with Gasteiger partial charge in [0, 0.05) is 17.8 Å². The normalized spacial score (nSPS) is 12.1. The maximum Gasteiger partial charge on any atom is 0.0511 e. The molecular weight excluding hydrogens is 282 g/mol. The quantitative estimate of drug-likeness (QED) is 0.769. The molecule has 0 amide bonds. The van der Waals surface area contributed by atoms with Crippen molar-refractivity contribution in [3.63, 3.8) is 0 Å². The number of hydrogen-bond donors (Lipinski definition) is 1. The maximum atomic E-state index is 5.97. The van der Waals surface area contributed by atoms with Crippen molar-refractivity contribution in [3.8, 4) is 0 Å². The Bertz CT molecular complexity index is 553. The molecular formula is C18H22ClNO. The summed E-state index contributed by atoms with van der Waals surface area (Å²) < 4.78 is 5.19. The summed E-state index contributed by atoms with van der Waals surface area (Å²) in [6.07, 6.45) is 1.93. The fourth-order valence-corrected chi connectivity index (χ4v) is 2.52. The predicted molar refractivity (Wildman–Crippen MR) is 90.1 cm³/mol. The van der Waals surface area contributed by atoms with Crippen molar-refractivity contribution < 1.29 is 4.74 Å². The van der Waals surface area contributed by atoms with Crippen LogP contribution in [0.25, 0.3) is 0 Å². The lowest BCUT2D eigenvalue weighted by Gasteiger charge is -2.21. The van der Waals surface area contributed by atoms with Gasteiger partial charge in [-0.3, -0.25) is 0 Å². The number of halogens is 1.